The summed E-state index contributed by atoms with van der Waals surface area (Å²) in [6.07, 6.45) is 3.17. The molecule has 0 radical (unpaired) electrons. The van der Waals surface area contributed by atoms with Crippen molar-refractivity contribution in [1.29, 1.82) is 0 Å². The van der Waals surface area contributed by atoms with Gasteiger partial charge >= 0.3 is 12.0 Å². The fraction of sp³-hybridized carbons (Fsp3) is 0.818. The Hall–Kier alpha value is -1.30. The van der Waals surface area contributed by atoms with Crippen molar-refractivity contribution in [1.82, 2.24) is 10.6 Å². The van der Waals surface area contributed by atoms with Crippen LogP contribution in [0.3, 0.4) is 0 Å². The van der Waals surface area contributed by atoms with Crippen LogP contribution in [0.2, 0.25) is 0 Å². The van der Waals surface area contributed by atoms with Gasteiger partial charge in [-0.2, -0.15) is 0 Å². The molecular formula is C11H22N2O4. The SMILES string of the molecule is CC[C@H](NC(=O)NCCCCCOC)C(=O)O. The summed E-state index contributed by atoms with van der Waals surface area (Å²) in [6, 6.07) is -1.24. The summed E-state index contributed by atoms with van der Waals surface area (Å²) in [4.78, 5) is 22.0. The second-order valence-electron chi connectivity index (χ2n) is 3.75. The van der Waals surface area contributed by atoms with Crippen LogP contribution in [0.4, 0.5) is 4.79 Å². The third-order valence-electron chi connectivity index (χ3n) is 2.32. The van der Waals surface area contributed by atoms with Gasteiger partial charge in [0.2, 0.25) is 0 Å². The highest BCUT2D eigenvalue weighted by Crippen LogP contribution is 1.94. The molecule has 0 unspecified atom stereocenters. The molecule has 0 saturated heterocycles. The molecule has 0 aliphatic heterocycles. The number of ether oxygens (including phenoxy) is 1. The van der Waals surface area contributed by atoms with Crippen LogP contribution in [-0.4, -0.2) is 43.4 Å². The van der Waals surface area contributed by atoms with Gasteiger partial charge in [-0.05, 0) is 25.7 Å². The fourth-order valence-electron chi connectivity index (χ4n) is 1.30. The zero-order chi connectivity index (χ0) is 13.1. The summed E-state index contributed by atoms with van der Waals surface area (Å²) in [5.41, 5.74) is 0. The quantitative estimate of drug-likeness (QED) is 0.529. The van der Waals surface area contributed by atoms with E-state index >= 15 is 0 Å². The van der Waals surface area contributed by atoms with Gasteiger partial charge in [-0.25, -0.2) is 9.59 Å². The number of rotatable bonds is 9. The van der Waals surface area contributed by atoms with Gasteiger partial charge in [-0.15, -0.1) is 0 Å². The van der Waals surface area contributed by atoms with E-state index in [4.69, 9.17) is 9.84 Å². The normalized spacial score (nSPS) is 11.9. The summed E-state index contributed by atoms with van der Waals surface area (Å²) in [7, 11) is 1.66. The van der Waals surface area contributed by atoms with Crippen molar-refractivity contribution >= 4 is 12.0 Å². The van der Waals surface area contributed by atoms with Crippen LogP contribution in [0.15, 0.2) is 0 Å². The number of carboxylic acid groups (broad SMARTS) is 1. The highest BCUT2D eigenvalue weighted by molar-refractivity contribution is 5.82. The first kappa shape index (κ1) is 15.7. The van der Waals surface area contributed by atoms with Crippen molar-refractivity contribution in [2.45, 2.75) is 38.6 Å². The lowest BCUT2D eigenvalue weighted by Gasteiger charge is -2.12. The maximum atomic E-state index is 11.3. The van der Waals surface area contributed by atoms with Crippen LogP contribution < -0.4 is 10.6 Å². The Balaban J connectivity index is 3.55. The smallest absolute Gasteiger partial charge is 0.326 e. The van der Waals surface area contributed by atoms with Crippen molar-refractivity contribution in [3.05, 3.63) is 0 Å². The maximum Gasteiger partial charge on any atom is 0.326 e. The fourth-order valence-corrected chi connectivity index (χ4v) is 1.30. The number of urea groups is 1. The van der Waals surface area contributed by atoms with Crippen molar-refractivity contribution in [3.63, 3.8) is 0 Å². The van der Waals surface area contributed by atoms with Gasteiger partial charge in [-0.3, -0.25) is 0 Å². The lowest BCUT2D eigenvalue weighted by molar-refractivity contribution is -0.139. The molecule has 0 saturated carbocycles. The number of carbonyl (C=O) groups excluding carboxylic acids is 1. The minimum absolute atomic E-state index is 0.372. The van der Waals surface area contributed by atoms with E-state index in [0.717, 1.165) is 25.9 Å². The Morgan fingerprint density at radius 3 is 2.53 bits per heavy atom. The van der Waals surface area contributed by atoms with E-state index in [0.29, 0.717) is 13.0 Å². The van der Waals surface area contributed by atoms with Gasteiger partial charge in [0.05, 0.1) is 0 Å². The average molecular weight is 246 g/mol. The van der Waals surface area contributed by atoms with Gasteiger partial charge in [0.25, 0.3) is 0 Å². The van der Waals surface area contributed by atoms with Crippen molar-refractivity contribution in [2.24, 2.45) is 0 Å². The van der Waals surface area contributed by atoms with Gasteiger partial charge in [-0.1, -0.05) is 6.92 Å². The molecule has 100 valence electrons. The first-order chi connectivity index (χ1) is 8.11. The number of carbonyl (C=O) groups is 2. The van der Waals surface area contributed by atoms with Crippen LogP contribution in [0.5, 0.6) is 0 Å². The van der Waals surface area contributed by atoms with Crippen LogP contribution >= 0.6 is 0 Å². The van der Waals surface area contributed by atoms with Crippen molar-refractivity contribution < 1.29 is 19.4 Å². The molecule has 0 aromatic carbocycles. The summed E-state index contributed by atoms with van der Waals surface area (Å²) in [6.45, 7) is 2.98. The summed E-state index contributed by atoms with van der Waals surface area (Å²) in [5.74, 6) is -1.01. The van der Waals surface area contributed by atoms with E-state index in [-0.39, 0.29) is 0 Å². The Labute approximate surface area is 102 Å². The number of methoxy groups -OCH3 is 1. The topological polar surface area (TPSA) is 87.7 Å². The molecular weight excluding hydrogens is 224 g/mol. The molecule has 0 rings (SSSR count). The molecule has 0 aromatic heterocycles. The minimum Gasteiger partial charge on any atom is -0.480 e. The average Bonchev–Trinajstić information content (AvgIpc) is 2.30. The van der Waals surface area contributed by atoms with Crippen LogP contribution in [0.25, 0.3) is 0 Å². The van der Waals surface area contributed by atoms with Gasteiger partial charge in [0.15, 0.2) is 0 Å². The molecule has 0 aliphatic rings. The number of unbranched alkanes of at least 4 members (excludes halogenated alkanes) is 2. The summed E-state index contributed by atoms with van der Waals surface area (Å²) >= 11 is 0. The highest BCUT2D eigenvalue weighted by atomic mass is 16.5. The first-order valence-electron chi connectivity index (χ1n) is 5.88. The molecule has 6 heteroatoms. The minimum atomic E-state index is -1.01. The molecule has 1 atom stereocenters. The Kier molecular flexibility index (Phi) is 9.14. The van der Waals surface area contributed by atoms with Gasteiger partial charge in [0.1, 0.15) is 6.04 Å². The number of amides is 2. The van der Waals surface area contributed by atoms with Crippen LogP contribution in [0.1, 0.15) is 32.6 Å². The number of aliphatic carboxylic acids is 1. The molecule has 17 heavy (non-hydrogen) atoms. The predicted octanol–water partition coefficient (Wildman–Crippen LogP) is 0.965. The van der Waals surface area contributed by atoms with E-state index in [2.05, 4.69) is 10.6 Å². The molecule has 0 heterocycles. The van der Waals surface area contributed by atoms with E-state index in [9.17, 15) is 9.59 Å². The molecule has 0 fully saturated rings. The zero-order valence-corrected chi connectivity index (χ0v) is 10.5. The standard InChI is InChI=1S/C11H22N2O4/c1-3-9(10(14)15)13-11(16)12-7-5-4-6-8-17-2/h9H,3-8H2,1-2H3,(H,14,15)(H2,12,13,16)/t9-/m0/s1. The zero-order valence-electron chi connectivity index (χ0n) is 10.5. The molecule has 0 bridgehead atoms. The van der Waals surface area contributed by atoms with E-state index in [1.807, 2.05) is 0 Å². The molecule has 2 amide bonds. The monoisotopic (exact) mass is 246 g/mol. The van der Waals surface area contributed by atoms with E-state index in [1.54, 1.807) is 14.0 Å². The lowest BCUT2D eigenvalue weighted by Crippen LogP contribution is -2.45. The lowest BCUT2D eigenvalue weighted by atomic mass is 10.2. The Morgan fingerprint density at radius 1 is 1.29 bits per heavy atom. The number of carboxylic acids is 1. The van der Waals surface area contributed by atoms with Crippen molar-refractivity contribution in [2.75, 3.05) is 20.3 Å². The maximum absolute atomic E-state index is 11.3. The second kappa shape index (κ2) is 9.89. The van der Waals surface area contributed by atoms with E-state index in [1.165, 1.54) is 0 Å². The molecule has 0 aliphatic carbocycles. The van der Waals surface area contributed by atoms with Crippen LogP contribution in [-0.2, 0) is 9.53 Å². The predicted molar refractivity (Wildman–Crippen MR) is 64.0 cm³/mol. The number of hydrogen-bond donors (Lipinski definition) is 3. The molecule has 3 N–H and O–H groups in total. The third kappa shape index (κ3) is 8.50. The first-order valence-corrected chi connectivity index (χ1v) is 5.88. The van der Waals surface area contributed by atoms with Crippen molar-refractivity contribution in [3.8, 4) is 0 Å². The Morgan fingerprint density at radius 2 is 2.00 bits per heavy atom. The molecule has 0 aromatic rings. The second-order valence-corrected chi connectivity index (χ2v) is 3.75. The third-order valence-corrected chi connectivity index (χ3v) is 2.32. The number of hydrogen-bond acceptors (Lipinski definition) is 3. The highest BCUT2D eigenvalue weighted by Gasteiger charge is 2.16. The largest absolute Gasteiger partial charge is 0.480 e. The molecule has 6 nitrogen and oxygen atoms in total. The van der Waals surface area contributed by atoms with E-state index < -0.39 is 18.0 Å². The van der Waals surface area contributed by atoms with Crippen LogP contribution in [0, 0.1) is 0 Å². The summed E-state index contributed by atoms with van der Waals surface area (Å²) in [5, 5.41) is 13.8. The molecule has 0 spiro atoms. The number of nitrogens with one attached hydrogen (secondary N) is 2. The van der Waals surface area contributed by atoms with Gasteiger partial charge in [0, 0.05) is 20.3 Å². The summed E-state index contributed by atoms with van der Waals surface area (Å²) < 4.78 is 4.90. The Bertz CT molecular complexity index is 234. The van der Waals surface area contributed by atoms with Gasteiger partial charge < -0.3 is 20.5 Å².